The van der Waals surface area contributed by atoms with Gasteiger partial charge in [-0.3, -0.25) is 4.79 Å². The first-order valence-corrected chi connectivity index (χ1v) is 12.9. The summed E-state index contributed by atoms with van der Waals surface area (Å²) in [6.07, 6.45) is -2.72. The molecule has 3 aromatic rings. The molecule has 5 atom stereocenters. The molecule has 1 fully saturated rings. The molecule has 0 saturated carbocycles. The molecule has 10 heteroatoms. The van der Waals surface area contributed by atoms with Crippen molar-refractivity contribution < 1.29 is 28.5 Å². The van der Waals surface area contributed by atoms with Crippen LogP contribution in [0.1, 0.15) is 22.8 Å². The summed E-state index contributed by atoms with van der Waals surface area (Å²) in [5, 5.41) is 3.98. The lowest BCUT2D eigenvalue weighted by Gasteiger charge is -2.44. The molecule has 1 aliphatic heterocycles. The molecule has 0 bridgehead atoms. The number of nitrogens with zero attached hydrogens (tertiary/aromatic N) is 3. The Morgan fingerprint density at radius 2 is 1.58 bits per heavy atom. The Labute approximate surface area is 224 Å². The van der Waals surface area contributed by atoms with E-state index in [4.69, 9.17) is 18.9 Å². The van der Waals surface area contributed by atoms with Crippen molar-refractivity contribution in [2.45, 2.75) is 48.2 Å². The Bertz CT molecular complexity index is 1240. The van der Waals surface area contributed by atoms with Crippen LogP contribution in [-0.2, 0) is 30.3 Å². The highest BCUT2D eigenvalue weighted by Crippen LogP contribution is 2.37. The zero-order valence-corrected chi connectivity index (χ0v) is 21.5. The predicted octanol–water partition coefficient (Wildman–Crippen LogP) is 5.56. The van der Waals surface area contributed by atoms with Crippen molar-refractivity contribution in [1.29, 1.82) is 0 Å². The minimum atomic E-state index is -1.04. The molecule has 0 aromatic heterocycles. The van der Waals surface area contributed by atoms with Crippen molar-refractivity contribution in [2.24, 2.45) is 5.11 Å². The van der Waals surface area contributed by atoms with E-state index >= 15 is 0 Å². The molecule has 1 heterocycles. The summed E-state index contributed by atoms with van der Waals surface area (Å²) in [5.41, 5.74) is 10.1. The lowest BCUT2D eigenvalue weighted by molar-refractivity contribution is -0.197. The number of hydrogen-bond donors (Lipinski definition) is 0. The fraction of sp³-hybridized carbons (Fsp3) is 0.286. The van der Waals surface area contributed by atoms with E-state index in [2.05, 4.69) is 10.0 Å². The molecule has 1 aliphatic rings. The van der Waals surface area contributed by atoms with Crippen LogP contribution in [0.2, 0.25) is 0 Å². The second kappa shape index (κ2) is 13.6. The van der Waals surface area contributed by atoms with E-state index in [1.807, 2.05) is 60.7 Å². The van der Waals surface area contributed by atoms with Crippen LogP contribution in [0.4, 0.5) is 0 Å². The summed E-state index contributed by atoms with van der Waals surface area (Å²) in [4.78, 5) is 28.6. The molecule has 0 spiro atoms. The predicted molar refractivity (Wildman–Crippen MR) is 141 cm³/mol. The third-order valence-electron chi connectivity index (χ3n) is 5.77. The summed E-state index contributed by atoms with van der Waals surface area (Å²) in [6.45, 7) is 1.25. The van der Waals surface area contributed by atoms with Crippen LogP contribution < -0.4 is 0 Å². The number of ether oxygens (including phenoxy) is 4. The fourth-order valence-corrected chi connectivity index (χ4v) is 5.20. The number of esters is 2. The van der Waals surface area contributed by atoms with Gasteiger partial charge in [-0.05, 0) is 35.4 Å². The average molecular weight is 534 g/mol. The van der Waals surface area contributed by atoms with Gasteiger partial charge in [-0.1, -0.05) is 83.6 Å². The average Bonchev–Trinajstić information content (AvgIpc) is 2.94. The Morgan fingerprint density at radius 3 is 2.21 bits per heavy atom. The Morgan fingerprint density at radius 1 is 0.947 bits per heavy atom. The molecule has 196 valence electrons. The maximum Gasteiger partial charge on any atom is 0.338 e. The summed E-state index contributed by atoms with van der Waals surface area (Å²) in [5.74, 6) is -1.14. The largest absolute Gasteiger partial charge is 0.459 e. The Balaban J connectivity index is 1.62. The number of carbonyl (C=O) groups excluding carboxylic acids is 2. The number of benzene rings is 3. The van der Waals surface area contributed by atoms with Gasteiger partial charge in [0.05, 0.1) is 12.2 Å². The monoisotopic (exact) mass is 533 g/mol. The van der Waals surface area contributed by atoms with Gasteiger partial charge >= 0.3 is 11.9 Å². The smallest absolute Gasteiger partial charge is 0.338 e. The number of thioether (sulfide) groups is 1. The highest BCUT2D eigenvalue weighted by atomic mass is 32.2. The Hall–Kier alpha value is -3.82. The van der Waals surface area contributed by atoms with Gasteiger partial charge in [0.2, 0.25) is 0 Å². The molecule has 38 heavy (non-hydrogen) atoms. The molecular formula is C28H27N3O6S. The fourth-order valence-electron chi connectivity index (χ4n) is 4.04. The first-order valence-electron chi connectivity index (χ1n) is 12.0. The van der Waals surface area contributed by atoms with Gasteiger partial charge < -0.3 is 18.9 Å². The van der Waals surface area contributed by atoms with E-state index < -0.39 is 41.7 Å². The highest BCUT2D eigenvalue weighted by Gasteiger charge is 2.49. The van der Waals surface area contributed by atoms with Crippen molar-refractivity contribution in [3.8, 4) is 0 Å². The zero-order valence-electron chi connectivity index (χ0n) is 20.7. The zero-order chi connectivity index (χ0) is 26.7. The van der Waals surface area contributed by atoms with Crippen LogP contribution >= 0.6 is 11.8 Å². The number of carbonyl (C=O) groups is 2. The van der Waals surface area contributed by atoms with Crippen LogP contribution in [0, 0.1) is 0 Å². The molecule has 0 amide bonds. The van der Waals surface area contributed by atoms with E-state index in [0.717, 1.165) is 10.5 Å². The van der Waals surface area contributed by atoms with Gasteiger partial charge in [0.25, 0.3) is 0 Å². The molecule has 9 nitrogen and oxygen atoms in total. The second-order valence-electron chi connectivity index (χ2n) is 8.47. The number of azide groups is 1. The van der Waals surface area contributed by atoms with Crippen molar-refractivity contribution in [3.63, 3.8) is 0 Å². The van der Waals surface area contributed by atoms with Crippen LogP contribution in [-0.4, -0.2) is 48.3 Å². The first kappa shape index (κ1) is 27.2. The normalized spacial score (nSPS) is 22.6. The van der Waals surface area contributed by atoms with Gasteiger partial charge in [0.15, 0.2) is 0 Å². The summed E-state index contributed by atoms with van der Waals surface area (Å²) < 4.78 is 23.7. The van der Waals surface area contributed by atoms with Gasteiger partial charge in [0, 0.05) is 16.7 Å². The van der Waals surface area contributed by atoms with E-state index in [-0.39, 0.29) is 13.2 Å². The number of hydrogen-bond acceptors (Lipinski definition) is 8. The van der Waals surface area contributed by atoms with Gasteiger partial charge in [0.1, 0.15) is 36.4 Å². The molecule has 4 rings (SSSR count). The van der Waals surface area contributed by atoms with E-state index in [1.165, 1.54) is 18.7 Å². The standard InChI is InChI=1S/C28H27N3O6S/c1-19(32)36-25-23(18-35-27(33)21-13-7-3-8-14-21)37-28(38-22-15-9-4-10-16-22)26(24(25)30-31-29)34-17-20-11-5-2-6-12-20/h2-16,23-26,28H,17-18H2,1H3/t23?,24-,25-,26?,28+/m0/s1. The minimum absolute atomic E-state index is 0.221. The summed E-state index contributed by atoms with van der Waals surface area (Å²) in [7, 11) is 0. The maximum absolute atomic E-state index is 12.6. The number of rotatable bonds is 10. The highest BCUT2D eigenvalue weighted by molar-refractivity contribution is 7.99. The third kappa shape index (κ3) is 7.36. The lowest BCUT2D eigenvalue weighted by atomic mass is 9.97. The molecule has 2 unspecified atom stereocenters. The summed E-state index contributed by atoms with van der Waals surface area (Å²) in [6, 6.07) is 26.7. The first-order chi connectivity index (χ1) is 18.5. The molecule has 0 radical (unpaired) electrons. The third-order valence-corrected chi connectivity index (χ3v) is 6.93. The molecule has 0 N–H and O–H groups in total. The maximum atomic E-state index is 12.6. The van der Waals surface area contributed by atoms with E-state index in [0.29, 0.717) is 5.56 Å². The van der Waals surface area contributed by atoms with Crippen LogP contribution in [0.15, 0.2) is 101 Å². The van der Waals surface area contributed by atoms with Gasteiger partial charge in [-0.2, -0.15) is 0 Å². The quantitative estimate of drug-likeness (QED) is 0.145. The molecule has 3 aromatic carbocycles. The van der Waals surface area contributed by atoms with Crippen LogP contribution in [0.5, 0.6) is 0 Å². The van der Waals surface area contributed by atoms with Gasteiger partial charge in [-0.15, -0.1) is 0 Å². The molecule has 0 aliphatic carbocycles. The van der Waals surface area contributed by atoms with Crippen molar-refractivity contribution in [3.05, 3.63) is 113 Å². The molecular weight excluding hydrogens is 506 g/mol. The van der Waals surface area contributed by atoms with Crippen LogP contribution in [0.3, 0.4) is 0 Å². The lowest BCUT2D eigenvalue weighted by Crippen LogP contribution is -2.59. The SMILES string of the molecule is CC(=O)O[C@H]1C(COC(=O)c2ccccc2)O[C@H](Sc2ccccc2)C(OCc2ccccc2)[C@H]1N=[N+]=[N-]. The molecule has 1 saturated heterocycles. The second-order valence-corrected chi connectivity index (χ2v) is 9.64. The van der Waals surface area contributed by atoms with Crippen LogP contribution in [0.25, 0.3) is 10.4 Å². The van der Waals surface area contributed by atoms with Crippen molar-refractivity contribution >= 4 is 23.7 Å². The van der Waals surface area contributed by atoms with E-state index in [1.54, 1.807) is 30.3 Å². The Kier molecular flexibility index (Phi) is 9.77. The van der Waals surface area contributed by atoms with Gasteiger partial charge in [-0.25, -0.2) is 4.79 Å². The van der Waals surface area contributed by atoms with Crippen molar-refractivity contribution in [1.82, 2.24) is 0 Å². The van der Waals surface area contributed by atoms with E-state index in [9.17, 15) is 15.1 Å². The minimum Gasteiger partial charge on any atom is -0.459 e. The topological polar surface area (TPSA) is 120 Å². The van der Waals surface area contributed by atoms with Crippen molar-refractivity contribution in [2.75, 3.05) is 6.61 Å². The summed E-state index contributed by atoms with van der Waals surface area (Å²) >= 11 is 1.38.